The van der Waals surface area contributed by atoms with Crippen molar-refractivity contribution in [2.45, 2.75) is 32.7 Å². The van der Waals surface area contributed by atoms with Crippen LogP contribution >= 0.6 is 11.3 Å². The molecule has 0 bridgehead atoms. The normalized spacial score (nSPS) is 12.7. The van der Waals surface area contributed by atoms with Gasteiger partial charge < -0.3 is 20.0 Å². The Balaban J connectivity index is 1.91. The van der Waals surface area contributed by atoms with Gasteiger partial charge in [-0.1, -0.05) is 0 Å². The fourth-order valence-corrected chi connectivity index (χ4v) is 3.40. The third kappa shape index (κ3) is 6.92. The molecule has 1 atom stereocenters. The number of guanidine groups is 1. The number of aliphatic imine (C=N–C) groups is 1. The lowest BCUT2D eigenvalue weighted by atomic mass is 10.2. The van der Waals surface area contributed by atoms with Crippen molar-refractivity contribution in [1.82, 2.24) is 15.5 Å². The summed E-state index contributed by atoms with van der Waals surface area (Å²) in [7, 11) is 3.47. The fourth-order valence-electron chi connectivity index (χ4n) is 2.38. The first-order chi connectivity index (χ1) is 12.4. The van der Waals surface area contributed by atoms with Gasteiger partial charge in [0.25, 0.3) is 0 Å². The van der Waals surface area contributed by atoms with Crippen LogP contribution in [-0.4, -0.2) is 50.0 Å². The van der Waals surface area contributed by atoms with Crippen LogP contribution in [0.5, 0.6) is 0 Å². The molecule has 0 aliphatic carbocycles. The number of furan rings is 1. The van der Waals surface area contributed by atoms with E-state index in [1.54, 1.807) is 25.3 Å². The standard InChI is InChI=1S/C19H28N4O2S/c1-14(12-17-8-7-15(2)26-17)22-19(21-13-18(24)23(3)4)20-10-9-16-6-5-11-25-16/h5-8,11,14H,9-10,12-13H2,1-4H3,(H2,20,21,22). The second-order valence-corrected chi connectivity index (χ2v) is 7.84. The second-order valence-electron chi connectivity index (χ2n) is 6.47. The Kier molecular flexibility index (Phi) is 7.72. The van der Waals surface area contributed by atoms with Crippen molar-refractivity contribution in [3.8, 4) is 0 Å². The smallest absolute Gasteiger partial charge is 0.243 e. The van der Waals surface area contributed by atoms with Crippen LogP contribution in [-0.2, 0) is 17.6 Å². The molecule has 0 radical (unpaired) electrons. The quantitative estimate of drug-likeness (QED) is 0.548. The van der Waals surface area contributed by atoms with E-state index in [1.165, 1.54) is 9.75 Å². The summed E-state index contributed by atoms with van der Waals surface area (Å²) in [5.74, 6) is 1.54. The van der Waals surface area contributed by atoms with Crippen LogP contribution in [0.3, 0.4) is 0 Å². The summed E-state index contributed by atoms with van der Waals surface area (Å²) in [4.78, 5) is 20.5. The Morgan fingerprint density at radius 1 is 1.35 bits per heavy atom. The van der Waals surface area contributed by atoms with E-state index in [1.807, 2.05) is 23.5 Å². The third-order valence-electron chi connectivity index (χ3n) is 3.80. The molecule has 0 aromatic carbocycles. The Morgan fingerprint density at radius 2 is 2.15 bits per heavy atom. The molecular formula is C19H28N4O2S. The largest absolute Gasteiger partial charge is 0.469 e. The highest BCUT2D eigenvalue weighted by atomic mass is 32.1. The summed E-state index contributed by atoms with van der Waals surface area (Å²) < 4.78 is 5.35. The minimum Gasteiger partial charge on any atom is -0.469 e. The molecule has 0 fully saturated rings. The molecule has 0 spiro atoms. The number of thiophene rings is 1. The van der Waals surface area contributed by atoms with E-state index < -0.39 is 0 Å². The predicted molar refractivity (Wildman–Crippen MR) is 107 cm³/mol. The summed E-state index contributed by atoms with van der Waals surface area (Å²) in [6.45, 7) is 5.03. The average Bonchev–Trinajstić information content (AvgIpc) is 3.23. The number of rotatable bonds is 8. The maximum atomic E-state index is 11.8. The van der Waals surface area contributed by atoms with Crippen LogP contribution in [0, 0.1) is 6.92 Å². The molecule has 2 aromatic rings. The number of hydrogen-bond donors (Lipinski definition) is 2. The van der Waals surface area contributed by atoms with E-state index in [2.05, 4.69) is 41.6 Å². The van der Waals surface area contributed by atoms with Gasteiger partial charge in [-0.25, -0.2) is 4.99 Å². The number of nitrogens with zero attached hydrogens (tertiary/aromatic N) is 2. The van der Waals surface area contributed by atoms with Crippen LogP contribution in [0.4, 0.5) is 0 Å². The van der Waals surface area contributed by atoms with Gasteiger partial charge in [-0.15, -0.1) is 11.3 Å². The highest BCUT2D eigenvalue weighted by Crippen LogP contribution is 2.16. The maximum Gasteiger partial charge on any atom is 0.243 e. The first-order valence-corrected chi connectivity index (χ1v) is 9.58. The molecule has 0 aliphatic rings. The molecule has 26 heavy (non-hydrogen) atoms. The van der Waals surface area contributed by atoms with Crippen LogP contribution < -0.4 is 10.6 Å². The number of likely N-dealkylation sites (N-methyl/N-ethyl adjacent to an activating group) is 1. The maximum absolute atomic E-state index is 11.8. The first-order valence-electron chi connectivity index (χ1n) is 8.76. The second kappa shape index (κ2) is 10.0. The minimum atomic E-state index is -0.0290. The van der Waals surface area contributed by atoms with E-state index in [-0.39, 0.29) is 18.5 Å². The van der Waals surface area contributed by atoms with E-state index in [4.69, 9.17) is 4.42 Å². The van der Waals surface area contributed by atoms with E-state index >= 15 is 0 Å². The minimum absolute atomic E-state index is 0.0290. The Hall–Kier alpha value is -2.28. The van der Waals surface area contributed by atoms with E-state index in [0.717, 1.165) is 18.6 Å². The molecular weight excluding hydrogens is 348 g/mol. The third-order valence-corrected chi connectivity index (χ3v) is 4.82. The van der Waals surface area contributed by atoms with Crippen molar-refractivity contribution >= 4 is 23.2 Å². The van der Waals surface area contributed by atoms with Crippen LogP contribution in [0.1, 0.15) is 22.4 Å². The van der Waals surface area contributed by atoms with Gasteiger partial charge in [-0.3, -0.25) is 4.79 Å². The van der Waals surface area contributed by atoms with Crippen molar-refractivity contribution in [3.05, 3.63) is 46.0 Å². The van der Waals surface area contributed by atoms with E-state index in [0.29, 0.717) is 12.5 Å². The topological polar surface area (TPSA) is 69.9 Å². The monoisotopic (exact) mass is 376 g/mol. The zero-order chi connectivity index (χ0) is 18.9. The lowest BCUT2D eigenvalue weighted by Gasteiger charge is -2.18. The molecule has 2 N–H and O–H groups in total. The van der Waals surface area contributed by atoms with Crippen molar-refractivity contribution in [1.29, 1.82) is 0 Å². The summed E-state index contributed by atoms with van der Waals surface area (Å²) >= 11 is 1.81. The van der Waals surface area contributed by atoms with E-state index in [9.17, 15) is 4.79 Å². The Morgan fingerprint density at radius 3 is 2.77 bits per heavy atom. The number of nitrogens with one attached hydrogen (secondary N) is 2. The number of carbonyl (C=O) groups is 1. The lowest BCUT2D eigenvalue weighted by molar-refractivity contribution is -0.127. The number of carbonyl (C=O) groups excluding carboxylic acids is 1. The molecule has 1 unspecified atom stereocenters. The van der Waals surface area contributed by atoms with Gasteiger partial charge >= 0.3 is 0 Å². The summed E-state index contributed by atoms with van der Waals surface area (Å²) in [6.07, 6.45) is 3.34. The molecule has 0 saturated heterocycles. The number of aryl methyl sites for hydroxylation is 1. The van der Waals surface area contributed by atoms with Gasteiger partial charge in [0.2, 0.25) is 5.91 Å². The predicted octanol–water partition coefficient (Wildman–Crippen LogP) is 2.45. The van der Waals surface area contributed by atoms with Gasteiger partial charge in [0, 0.05) is 49.3 Å². The Bertz CT molecular complexity index is 707. The molecule has 2 rings (SSSR count). The molecule has 0 aliphatic heterocycles. The average molecular weight is 377 g/mol. The van der Waals surface area contributed by atoms with Gasteiger partial charge in [0.05, 0.1) is 6.26 Å². The van der Waals surface area contributed by atoms with Crippen molar-refractivity contribution in [3.63, 3.8) is 0 Å². The van der Waals surface area contributed by atoms with Gasteiger partial charge in [0.1, 0.15) is 12.3 Å². The molecule has 7 heteroatoms. The Labute approximate surface area is 159 Å². The summed E-state index contributed by atoms with van der Waals surface area (Å²) in [5.41, 5.74) is 0. The van der Waals surface area contributed by atoms with Crippen molar-refractivity contribution in [2.75, 3.05) is 27.2 Å². The molecule has 2 aromatic heterocycles. The SMILES string of the molecule is Cc1ccc(CC(C)NC(=NCC(=O)N(C)C)NCCc2ccco2)s1. The molecule has 2 heterocycles. The molecule has 6 nitrogen and oxygen atoms in total. The zero-order valence-electron chi connectivity index (χ0n) is 15.9. The fraction of sp³-hybridized carbons (Fsp3) is 0.474. The summed E-state index contributed by atoms with van der Waals surface area (Å²) in [5, 5.41) is 6.68. The highest BCUT2D eigenvalue weighted by molar-refractivity contribution is 7.11. The van der Waals surface area contributed by atoms with Crippen molar-refractivity contribution in [2.24, 2.45) is 4.99 Å². The molecule has 0 saturated carbocycles. The highest BCUT2D eigenvalue weighted by Gasteiger charge is 2.10. The van der Waals surface area contributed by atoms with Gasteiger partial charge in [-0.05, 0) is 38.1 Å². The zero-order valence-corrected chi connectivity index (χ0v) is 16.7. The van der Waals surface area contributed by atoms with Crippen LogP contribution in [0.15, 0.2) is 39.9 Å². The first kappa shape index (κ1) is 20.0. The van der Waals surface area contributed by atoms with Crippen LogP contribution in [0.25, 0.3) is 0 Å². The lowest BCUT2D eigenvalue weighted by Crippen LogP contribution is -2.44. The molecule has 142 valence electrons. The van der Waals surface area contributed by atoms with Gasteiger partial charge in [-0.2, -0.15) is 0 Å². The number of amides is 1. The molecule has 1 amide bonds. The van der Waals surface area contributed by atoms with Crippen LogP contribution in [0.2, 0.25) is 0 Å². The number of hydrogen-bond acceptors (Lipinski definition) is 4. The van der Waals surface area contributed by atoms with Crippen molar-refractivity contribution < 1.29 is 9.21 Å². The summed E-state index contributed by atoms with van der Waals surface area (Å²) in [6, 6.07) is 8.33. The van der Waals surface area contributed by atoms with Gasteiger partial charge in [0.15, 0.2) is 5.96 Å².